The summed E-state index contributed by atoms with van der Waals surface area (Å²) in [6.45, 7) is 4.74. The molecule has 8 nitrogen and oxygen atoms in total. The quantitative estimate of drug-likeness (QED) is 0.580. The van der Waals surface area contributed by atoms with Gasteiger partial charge >= 0.3 is 0 Å². The van der Waals surface area contributed by atoms with Crippen molar-refractivity contribution >= 4 is 17.6 Å². The summed E-state index contributed by atoms with van der Waals surface area (Å²) in [5.74, 6) is 1.49. The number of hydrogen-bond acceptors (Lipinski definition) is 5. The molecule has 30 heavy (non-hydrogen) atoms. The van der Waals surface area contributed by atoms with Crippen molar-refractivity contribution in [2.45, 2.75) is 64.2 Å². The molecule has 2 aliphatic rings. The Bertz CT molecular complexity index is 904. The van der Waals surface area contributed by atoms with E-state index in [1.165, 1.54) is 0 Å². The number of anilines is 1. The van der Waals surface area contributed by atoms with Crippen molar-refractivity contribution in [3.63, 3.8) is 0 Å². The van der Waals surface area contributed by atoms with Crippen molar-refractivity contribution in [1.82, 2.24) is 20.4 Å². The standard InChI is InChI=1S/C22H29N5O3/c1-3-4-11-30-17-9-7-16(8-10-17)21(29)24-19-13-18(15-5-6-15)26-27(19)22-23-14(2)12-20(28)25-22/h7-10,13-15,22-23H,3-6,11-12H2,1-2H3,(H,24,29)(H,25,28). The van der Waals surface area contributed by atoms with Gasteiger partial charge in [0.05, 0.1) is 12.3 Å². The van der Waals surface area contributed by atoms with Gasteiger partial charge < -0.3 is 15.4 Å². The molecule has 1 saturated heterocycles. The van der Waals surface area contributed by atoms with Crippen molar-refractivity contribution in [3.05, 3.63) is 41.6 Å². The molecule has 2 unspecified atom stereocenters. The van der Waals surface area contributed by atoms with Gasteiger partial charge in [-0.2, -0.15) is 5.10 Å². The molecule has 160 valence electrons. The molecule has 1 saturated carbocycles. The molecule has 0 spiro atoms. The normalized spacial score (nSPS) is 21.2. The second-order valence-electron chi connectivity index (χ2n) is 8.10. The van der Waals surface area contributed by atoms with Crippen molar-refractivity contribution < 1.29 is 14.3 Å². The fourth-order valence-electron chi connectivity index (χ4n) is 3.50. The smallest absolute Gasteiger partial charge is 0.256 e. The minimum absolute atomic E-state index is 0.0288. The third kappa shape index (κ3) is 4.81. The first kappa shape index (κ1) is 20.4. The highest BCUT2D eigenvalue weighted by Crippen LogP contribution is 2.40. The van der Waals surface area contributed by atoms with E-state index in [9.17, 15) is 9.59 Å². The van der Waals surface area contributed by atoms with Crippen LogP contribution in [0.5, 0.6) is 5.75 Å². The lowest BCUT2D eigenvalue weighted by atomic mass is 10.2. The van der Waals surface area contributed by atoms with Gasteiger partial charge in [0.2, 0.25) is 5.91 Å². The molecule has 2 aromatic rings. The number of carbonyl (C=O) groups excluding carboxylic acids is 2. The first-order chi connectivity index (χ1) is 14.5. The van der Waals surface area contributed by atoms with E-state index >= 15 is 0 Å². The third-order valence-electron chi connectivity index (χ3n) is 5.35. The lowest BCUT2D eigenvalue weighted by molar-refractivity contribution is -0.125. The van der Waals surface area contributed by atoms with Crippen LogP contribution in [0.4, 0.5) is 5.82 Å². The largest absolute Gasteiger partial charge is 0.494 e. The Morgan fingerprint density at radius 3 is 2.73 bits per heavy atom. The number of nitrogens with zero attached hydrogens (tertiary/aromatic N) is 2. The summed E-state index contributed by atoms with van der Waals surface area (Å²) in [6.07, 6.45) is 4.21. The Morgan fingerprint density at radius 2 is 2.07 bits per heavy atom. The maximum absolute atomic E-state index is 12.8. The molecule has 8 heteroatoms. The van der Waals surface area contributed by atoms with Crippen LogP contribution in [0.25, 0.3) is 0 Å². The lowest BCUT2D eigenvalue weighted by Crippen LogP contribution is -2.52. The van der Waals surface area contributed by atoms with E-state index in [1.54, 1.807) is 16.8 Å². The molecular formula is C22H29N5O3. The molecular weight excluding hydrogens is 382 g/mol. The highest BCUT2D eigenvalue weighted by molar-refractivity contribution is 6.04. The Balaban J connectivity index is 1.49. The second-order valence-corrected chi connectivity index (χ2v) is 8.10. The number of amides is 2. The van der Waals surface area contributed by atoms with E-state index in [4.69, 9.17) is 4.74 Å². The number of ether oxygens (including phenoxy) is 1. The summed E-state index contributed by atoms with van der Waals surface area (Å²) in [4.78, 5) is 24.8. The van der Waals surface area contributed by atoms with Crippen molar-refractivity contribution in [3.8, 4) is 5.75 Å². The van der Waals surface area contributed by atoms with E-state index in [1.807, 2.05) is 25.1 Å². The van der Waals surface area contributed by atoms with Gasteiger partial charge in [0.1, 0.15) is 11.6 Å². The summed E-state index contributed by atoms with van der Waals surface area (Å²) >= 11 is 0. The number of nitrogens with one attached hydrogen (secondary N) is 3. The van der Waals surface area contributed by atoms with Gasteiger partial charge in [0.15, 0.2) is 6.29 Å². The van der Waals surface area contributed by atoms with E-state index in [2.05, 4.69) is 28.0 Å². The SMILES string of the molecule is CCCCOc1ccc(C(=O)Nc2cc(C3CC3)nn2C2NC(=O)CC(C)N2)cc1. The van der Waals surface area contributed by atoms with Crippen LogP contribution in [0.3, 0.4) is 0 Å². The van der Waals surface area contributed by atoms with Crippen LogP contribution in [0.2, 0.25) is 0 Å². The number of rotatable bonds is 8. The van der Waals surface area contributed by atoms with Crippen LogP contribution in [0.15, 0.2) is 30.3 Å². The number of unbranched alkanes of at least 4 members (excludes halogenated alkanes) is 1. The molecule has 2 heterocycles. The highest BCUT2D eigenvalue weighted by Gasteiger charge is 2.31. The van der Waals surface area contributed by atoms with Crippen LogP contribution >= 0.6 is 0 Å². The van der Waals surface area contributed by atoms with Gasteiger partial charge in [-0.3, -0.25) is 14.9 Å². The van der Waals surface area contributed by atoms with Gasteiger partial charge in [-0.1, -0.05) is 13.3 Å². The minimum Gasteiger partial charge on any atom is -0.494 e. The summed E-state index contributed by atoms with van der Waals surface area (Å²) in [7, 11) is 0. The first-order valence-electron chi connectivity index (χ1n) is 10.7. The van der Waals surface area contributed by atoms with E-state index < -0.39 is 6.29 Å². The molecule has 1 aliphatic heterocycles. The number of benzene rings is 1. The number of aromatic nitrogens is 2. The molecule has 4 rings (SSSR count). The van der Waals surface area contributed by atoms with E-state index in [-0.39, 0.29) is 17.9 Å². The summed E-state index contributed by atoms with van der Waals surface area (Å²) in [5, 5.41) is 13.9. The summed E-state index contributed by atoms with van der Waals surface area (Å²) in [5.41, 5.74) is 1.48. The monoisotopic (exact) mass is 411 g/mol. The maximum atomic E-state index is 12.8. The summed E-state index contributed by atoms with van der Waals surface area (Å²) < 4.78 is 7.33. The van der Waals surface area contributed by atoms with Gasteiger partial charge in [-0.25, -0.2) is 4.68 Å². The van der Waals surface area contributed by atoms with Crippen LogP contribution in [0, 0.1) is 0 Å². The van der Waals surface area contributed by atoms with Crippen LogP contribution in [0.1, 0.15) is 74.2 Å². The average Bonchev–Trinajstić information content (AvgIpc) is 3.48. The second kappa shape index (κ2) is 8.87. The third-order valence-corrected chi connectivity index (χ3v) is 5.35. The zero-order valence-corrected chi connectivity index (χ0v) is 17.5. The van der Waals surface area contributed by atoms with Gasteiger partial charge in [-0.15, -0.1) is 0 Å². The Kier molecular flexibility index (Phi) is 6.03. The Labute approximate surface area is 176 Å². The van der Waals surface area contributed by atoms with Gasteiger partial charge in [-0.05, 0) is 50.5 Å². The van der Waals surface area contributed by atoms with Crippen LogP contribution in [-0.2, 0) is 4.79 Å². The van der Waals surface area contributed by atoms with Crippen molar-refractivity contribution in [2.75, 3.05) is 11.9 Å². The van der Waals surface area contributed by atoms with Crippen LogP contribution in [-0.4, -0.2) is 34.2 Å². The number of hydrogen-bond donors (Lipinski definition) is 3. The Hall–Kier alpha value is -2.87. The van der Waals surface area contributed by atoms with Gasteiger partial charge in [0.25, 0.3) is 5.91 Å². The Morgan fingerprint density at radius 1 is 1.30 bits per heavy atom. The average molecular weight is 412 g/mol. The molecule has 1 aromatic heterocycles. The highest BCUT2D eigenvalue weighted by atomic mass is 16.5. The van der Waals surface area contributed by atoms with Crippen molar-refractivity contribution in [2.24, 2.45) is 0 Å². The molecule has 2 fully saturated rings. The lowest BCUT2D eigenvalue weighted by Gasteiger charge is -2.30. The molecule has 1 aliphatic carbocycles. The minimum atomic E-state index is -0.488. The predicted molar refractivity (Wildman–Crippen MR) is 113 cm³/mol. The van der Waals surface area contributed by atoms with E-state index in [0.717, 1.165) is 37.1 Å². The topological polar surface area (TPSA) is 97.3 Å². The molecule has 2 amide bonds. The molecule has 3 N–H and O–H groups in total. The number of carbonyl (C=O) groups is 2. The molecule has 0 bridgehead atoms. The fraction of sp³-hybridized carbons (Fsp3) is 0.500. The predicted octanol–water partition coefficient (Wildman–Crippen LogP) is 3.15. The maximum Gasteiger partial charge on any atom is 0.256 e. The molecule has 1 aromatic carbocycles. The zero-order valence-electron chi connectivity index (χ0n) is 17.5. The molecule has 2 atom stereocenters. The van der Waals surface area contributed by atoms with Crippen LogP contribution < -0.4 is 20.7 Å². The van der Waals surface area contributed by atoms with E-state index in [0.29, 0.717) is 30.3 Å². The summed E-state index contributed by atoms with van der Waals surface area (Å²) in [6, 6.07) is 9.06. The molecule has 0 radical (unpaired) electrons. The fourth-order valence-corrected chi connectivity index (χ4v) is 3.50. The van der Waals surface area contributed by atoms with Crippen molar-refractivity contribution in [1.29, 1.82) is 0 Å². The first-order valence-corrected chi connectivity index (χ1v) is 10.7. The zero-order chi connectivity index (χ0) is 21.1. The van der Waals surface area contributed by atoms with Gasteiger partial charge in [0, 0.05) is 30.0 Å².